The van der Waals surface area contributed by atoms with Crippen molar-refractivity contribution >= 4 is 53.9 Å². The predicted molar refractivity (Wildman–Crippen MR) is 624 cm³/mol. The molecule has 0 amide bonds. The second-order valence-electron chi connectivity index (χ2n) is 41.8. The van der Waals surface area contributed by atoms with Crippen LogP contribution in [-0.2, 0) is 21.7 Å². The Kier molecular flexibility index (Phi) is 27.7. The lowest BCUT2D eigenvalue weighted by Gasteiger charge is -2.30. The summed E-state index contributed by atoms with van der Waals surface area (Å²) >= 11 is 0. The van der Waals surface area contributed by atoms with Gasteiger partial charge in [-0.2, -0.15) is 0 Å². The van der Waals surface area contributed by atoms with Crippen LogP contribution in [0.1, 0.15) is 197 Å². The van der Waals surface area contributed by atoms with E-state index < -0.39 is 0 Å². The van der Waals surface area contributed by atoms with E-state index in [0.29, 0.717) is 0 Å². The molecule has 0 N–H and O–H groups in total. The maximum absolute atomic E-state index is 2.49. The van der Waals surface area contributed by atoms with Crippen LogP contribution in [0.4, 0.5) is 0 Å². The Labute approximate surface area is 853 Å². The van der Waals surface area contributed by atoms with Crippen molar-refractivity contribution in [3.05, 3.63) is 534 Å². The Bertz CT molecular complexity index is 7960. The molecule has 0 heteroatoms. The quantitative estimate of drug-likeness (QED) is 0.165. The summed E-state index contributed by atoms with van der Waals surface area (Å²) in [4.78, 5) is 0. The van der Waals surface area contributed by atoms with Crippen LogP contribution in [0.25, 0.3) is 143 Å². The lowest BCUT2D eigenvalue weighted by molar-refractivity contribution is 0.651. The highest BCUT2D eigenvalue weighted by molar-refractivity contribution is 6.08. The molecule has 0 aromatic heterocycles. The van der Waals surface area contributed by atoms with Crippen LogP contribution in [0.3, 0.4) is 0 Å². The minimum Gasteiger partial charge on any atom is -0.0776 e. The Morgan fingerprint density at radius 3 is 0.573 bits per heavy atom. The van der Waals surface area contributed by atoms with E-state index in [2.05, 4.69) is 539 Å². The fourth-order valence-corrected chi connectivity index (χ4v) is 23.4. The molecule has 0 nitrogen and oxygen atoms in total. The van der Waals surface area contributed by atoms with Crippen LogP contribution < -0.4 is 0 Å². The topological polar surface area (TPSA) is 0 Å². The first-order valence-corrected chi connectivity index (χ1v) is 50.1. The third-order valence-corrected chi connectivity index (χ3v) is 31.1. The van der Waals surface area contributed by atoms with Crippen LogP contribution in [0.2, 0.25) is 0 Å². The summed E-state index contributed by atoms with van der Waals surface area (Å²) < 4.78 is 0. The van der Waals surface area contributed by atoms with Crippen molar-refractivity contribution in [1.29, 1.82) is 0 Å². The van der Waals surface area contributed by atoms with Gasteiger partial charge in [0, 0.05) is 16.2 Å². The zero-order valence-electron chi connectivity index (χ0n) is 85.1. The molecular weight excluding hydrogens is 1720 g/mol. The average Bonchev–Trinajstić information content (AvgIpc) is 1.51. The molecule has 710 valence electrons. The number of benzene rings is 21. The molecule has 1 spiro atoms. The van der Waals surface area contributed by atoms with Crippen molar-refractivity contribution in [2.24, 2.45) is 0 Å². The highest BCUT2D eigenvalue weighted by atomic mass is 14.5. The lowest BCUT2D eigenvalue weighted by Crippen LogP contribution is -2.26. The summed E-state index contributed by atoms with van der Waals surface area (Å²) in [6, 6.07) is 147. The van der Waals surface area contributed by atoms with Crippen LogP contribution in [0, 0.1) is 96.9 Å². The van der Waals surface area contributed by atoms with Crippen LogP contribution in [-0.4, -0.2) is 0 Å². The van der Waals surface area contributed by atoms with E-state index in [4.69, 9.17) is 0 Å². The third-order valence-electron chi connectivity index (χ3n) is 31.1. The number of hydrogen-bond donors (Lipinski definition) is 0. The molecule has 21 aromatic rings. The SMILES string of the molecule is C.C.C.Cc1ccc(-c2ccc(C)c3ccccc23)c2ccccc12.Cc1ccc(-c2ccc(C)c3ccccc23)cc1.Cc1ccc(-c2ccc(C)c3ccccc23)cc1.Cc1ccc(C)c2ccccc12.Cc1ccc2c(c1)C(C)(C)c1cc(C)ccc1-2.Cc1ccc2c(c1)C(C)(C)c1cc3c(cc1-2)C(C)(C)c1cc(C)ccc1-3.Cc1ccc2c(c1)C1(c3ccccc3-c3ccccc31)c1cc(C)ccc1-2. The number of aryl methyl sites for hydroxylation is 14. The zero-order valence-corrected chi connectivity index (χ0v) is 85.1. The van der Waals surface area contributed by atoms with E-state index in [1.165, 1.54) is 276 Å². The standard InChI is InChI=1S/C27H20.C26H26.C22H18.2C18H16.C17H18.C12H12.3CH4/c1-17-11-13-21-22-14-12-18(2)16-26(22)27(25(21)15-17)23-9-5-3-7-19(23)20-8-4-6-10-24(20)27;1-15-7-9-17-19-13-24-20(14-23(19)25(3,4)21(17)11-15)18-10-8-16(2)12-22(18)26(24,5)6;1-15-11-13-21(19-9-5-3-7-17(15)19)22-14-12-16(2)18-8-4-6-10-20(18)22;2*1-13-7-10-15(11-8-13)17-12-9-14(2)16-5-3-4-6-18(16)17;1-11-5-7-13-14-8-6-12(2)10-16(14)17(3,4)15(13)9-11;1-9-7-8-10(2)12-6-4-3-5-11(9)12;;;/h3-16H,1-2H3;7-14H,1-6H3;3-14H,1-2H3;2*3-12H,1-2H3;5-10H,1-4H3;3-8H,1-2H3;3*1H4. The molecule has 5 aliphatic carbocycles. The van der Waals surface area contributed by atoms with Crippen molar-refractivity contribution in [3.8, 4) is 89.0 Å². The lowest BCUT2D eigenvalue weighted by atomic mass is 9.70. The molecule has 143 heavy (non-hydrogen) atoms. The maximum atomic E-state index is 2.49. The average molecular weight is 1860 g/mol. The summed E-state index contributed by atoms with van der Waals surface area (Å²) in [7, 11) is 0. The molecule has 0 aliphatic heterocycles. The fraction of sp³-hybridized carbons (Fsp3) is 0.189. The summed E-state index contributed by atoms with van der Waals surface area (Å²) in [5.74, 6) is 0. The molecule has 0 fully saturated rings. The van der Waals surface area contributed by atoms with Gasteiger partial charge in [-0.1, -0.05) is 497 Å². The van der Waals surface area contributed by atoms with Crippen LogP contribution in [0.5, 0.6) is 0 Å². The van der Waals surface area contributed by atoms with Crippen LogP contribution >= 0.6 is 0 Å². The van der Waals surface area contributed by atoms with Gasteiger partial charge in [0.25, 0.3) is 0 Å². The van der Waals surface area contributed by atoms with Crippen molar-refractivity contribution in [1.82, 2.24) is 0 Å². The van der Waals surface area contributed by atoms with Gasteiger partial charge < -0.3 is 0 Å². The number of fused-ring (bicyclic) bond motifs is 24. The van der Waals surface area contributed by atoms with Crippen molar-refractivity contribution in [2.75, 3.05) is 0 Å². The first-order valence-electron chi connectivity index (χ1n) is 50.1. The van der Waals surface area contributed by atoms with Gasteiger partial charge in [0.15, 0.2) is 0 Å². The van der Waals surface area contributed by atoms with Gasteiger partial charge in [-0.05, 0) is 341 Å². The van der Waals surface area contributed by atoms with Gasteiger partial charge in [0.1, 0.15) is 0 Å². The minimum atomic E-state index is -0.199. The summed E-state index contributed by atoms with van der Waals surface area (Å²) in [5, 5.41) is 13.4. The molecule has 0 unspecified atom stereocenters. The van der Waals surface area contributed by atoms with Crippen LogP contribution in [0.15, 0.2) is 400 Å². The van der Waals surface area contributed by atoms with E-state index in [-0.39, 0.29) is 43.9 Å². The molecule has 21 aromatic carbocycles. The molecule has 0 radical (unpaired) electrons. The Hall–Kier alpha value is -15.1. The largest absolute Gasteiger partial charge is 0.0776 e. The van der Waals surface area contributed by atoms with E-state index in [1.807, 2.05) is 0 Å². The van der Waals surface area contributed by atoms with Gasteiger partial charge >= 0.3 is 0 Å². The zero-order chi connectivity index (χ0) is 97.5. The van der Waals surface area contributed by atoms with E-state index in [1.54, 1.807) is 0 Å². The van der Waals surface area contributed by atoms with Gasteiger partial charge in [0.2, 0.25) is 0 Å². The van der Waals surface area contributed by atoms with Gasteiger partial charge in [0.05, 0.1) is 5.41 Å². The first kappa shape index (κ1) is 99.5. The molecule has 26 rings (SSSR count). The molecule has 0 saturated carbocycles. The van der Waals surface area contributed by atoms with Gasteiger partial charge in [-0.25, -0.2) is 0 Å². The minimum absolute atomic E-state index is 0. The van der Waals surface area contributed by atoms with E-state index >= 15 is 0 Å². The second kappa shape index (κ2) is 39.8. The number of rotatable bonds is 3. The normalized spacial score (nSPS) is 13.1. The Morgan fingerprint density at radius 2 is 0.301 bits per heavy atom. The summed E-state index contributed by atoms with van der Waals surface area (Å²) in [5.41, 5.74) is 55.1. The molecule has 0 atom stereocenters. The molecule has 5 aliphatic rings. The summed E-state index contributed by atoms with van der Waals surface area (Å²) in [6.07, 6.45) is 0. The maximum Gasteiger partial charge on any atom is 0.0725 e. The molecule has 0 saturated heterocycles. The van der Waals surface area contributed by atoms with Crippen molar-refractivity contribution in [2.45, 2.75) is 182 Å². The van der Waals surface area contributed by atoms with Gasteiger partial charge in [-0.3, -0.25) is 0 Å². The fourth-order valence-electron chi connectivity index (χ4n) is 23.4. The number of hydrogen-bond acceptors (Lipinski definition) is 0. The summed E-state index contributed by atoms with van der Waals surface area (Å²) in [6.45, 7) is 44.5. The van der Waals surface area contributed by atoms with Crippen molar-refractivity contribution in [3.63, 3.8) is 0 Å². The highest BCUT2D eigenvalue weighted by Crippen LogP contribution is 2.64. The molecular formula is C143H138. The predicted octanol–water partition coefficient (Wildman–Crippen LogP) is 40.1. The second-order valence-corrected chi connectivity index (χ2v) is 41.8. The first-order chi connectivity index (χ1) is 67.5. The van der Waals surface area contributed by atoms with Gasteiger partial charge in [-0.15, -0.1) is 0 Å². The Morgan fingerprint density at radius 1 is 0.126 bits per heavy atom. The monoisotopic (exact) mass is 1860 g/mol. The molecule has 0 bridgehead atoms. The Balaban J connectivity index is 0.000000116. The highest BCUT2D eigenvalue weighted by Gasteiger charge is 2.52. The molecule has 0 heterocycles. The van der Waals surface area contributed by atoms with E-state index in [0.717, 1.165) is 0 Å². The van der Waals surface area contributed by atoms with E-state index in [9.17, 15) is 0 Å². The van der Waals surface area contributed by atoms with Crippen molar-refractivity contribution < 1.29 is 0 Å². The smallest absolute Gasteiger partial charge is 0.0725 e. The third kappa shape index (κ3) is 17.9.